The number of aliphatic imine (C=N–C) groups is 1. The van der Waals surface area contributed by atoms with Crippen LogP contribution in [-0.4, -0.2) is 17.8 Å². The fraction of sp³-hybridized carbons (Fsp3) is 0.545. The zero-order valence-electron chi connectivity index (χ0n) is 15.7. The van der Waals surface area contributed by atoms with Crippen molar-refractivity contribution < 1.29 is 4.79 Å². The van der Waals surface area contributed by atoms with Crippen LogP contribution in [0, 0.1) is 11.8 Å². The average molecular weight is 338 g/mol. The molecule has 1 fully saturated rings. The standard InChI is InChI=1S/C22H30N2O/c1-4-15(2)12-13-16(3)18-14-19(18)22(25)24-21-11-7-9-17-8-5-6-10-20(17)23-21/h5-6,8,12-13,18-20H,4,7,9-11,14H2,1-3H3,(H,23,24,25). The molecule has 3 heteroatoms. The summed E-state index contributed by atoms with van der Waals surface area (Å²) >= 11 is 0. The van der Waals surface area contributed by atoms with Gasteiger partial charge in [-0.2, -0.15) is 0 Å². The number of allylic oxidation sites excluding steroid dienone is 6. The van der Waals surface area contributed by atoms with E-state index in [1.165, 1.54) is 16.7 Å². The van der Waals surface area contributed by atoms with E-state index in [-0.39, 0.29) is 17.9 Å². The molecular formula is C22H30N2O. The van der Waals surface area contributed by atoms with Gasteiger partial charge in [0.15, 0.2) is 0 Å². The third-order valence-electron chi connectivity index (χ3n) is 5.59. The lowest BCUT2D eigenvalue weighted by Gasteiger charge is -2.16. The highest BCUT2D eigenvalue weighted by atomic mass is 16.2. The molecule has 3 nitrogen and oxygen atoms in total. The summed E-state index contributed by atoms with van der Waals surface area (Å²) in [6.45, 7) is 6.46. The highest BCUT2D eigenvalue weighted by Crippen LogP contribution is 2.44. The first-order valence-corrected chi connectivity index (χ1v) is 9.65. The summed E-state index contributed by atoms with van der Waals surface area (Å²) in [6.07, 6.45) is 16.9. The van der Waals surface area contributed by atoms with Crippen LogP contribution in [0.25, 0.3) is 0 Å². The van der Waals surface area contributed by atoms with Crippen molar-refractivity contribution in [3.63, 3.8) is 0 Å². The first-order valence-electron chi connectivity index (χ1n) is 9.65. The summed E-state index contributed by atoms with van der Waals surface area (Å²) in [5.74, 6) is 1.58. The minimum absolute atomic E-state index is 0.124. The van der Waals surface area contributed by atoms with Gasteiger partial charge >= 0.3 is 0 Å². The summed E-state index contributed by atoms with van der Waals surface area (Å²) in [7, 11) is 0. The maximum absolute atomic E-state index is 12.6. The van der Waals surface area contributed by atoms with Crippen LogP contribution in [0.1, 0.15) is 59.3 Å². The number of amidine groups is 1. The Bertz CT molecular complexity index is 678. The SMILES string of the molecule is CCC(C)=CC=C(C)C1CC1C(=O)NC1=NC2CC=CC=C2CCC1. The second kappa shape index (κ2) is 7.99. The molecule has 134 valence electrons. The summed E-state index contributed by atoms with van der Waals surface area (Å²) in [5.41, 5.74) is 4.10. The van der Waals surface area contributed by atoms with E-state index in [0.717, 1.165) is 44.4 Å². The molecule has 2 aliphatic carbocycles. The molecule has 0 aromatic heterocycles. The molecule has 3 atom stereocenters. The number of carbonyl (C=O) groups is 1. The molecule has 3 rings (SSSR count). The van der Waals surface area contributed by atoms with E-state index in [1.54, 1.807) is 0 Å². The van der Waals surface area contributed by atoms with Crippen LogP contribution in [0.5, 0.6) is 0 Å². The Hall–Kier alpha value is -1.90. The van der Waals surface area contributed by atoms with Crippen molar-refractivity contribution in [2.75, 3.05) is 0 Å². The van der Waals surface area contributed by atoms with Crippen LogP contribution >= 0.6 is 0 Å². The average Bonchev–Trinajstić information content (AvgIpc) is 3.42. The summed E-state index contributed by atoms with van der Waals surface area (Å²) in [6, 6.07) is 0.238. The monoisotopic (exact) mass is 338 g/mol. The van der Waals surface area contributed by atoms with E-state index in [0.29, 0.717) is 5.92 Å². The predicted octanol–water partition coefficient (Wildman–Crippen LogP) is 4.88. The lowest BCUT2D eigenvalue weighted by atomic mass is 9.96. The molecule has 1 heterocycles. The van der Waals surface area contributed by atoms with Gasteiger partial charge in [0.1, 0.15) is 5.84 Å². The fourth-order valence-electron chi connectivity index (χ4n) is 3.59. The number of amides is 1. The lowest BCUT2D eigenvalue weighted by Crippen LogP contribution is -2.32. The molecule has 1 N–H and O–H groups in total. The van der Waals surface area contributed by atoms with E-state index in [9.17, 15) is 4.79 Å². The zero-order chi connectivity index (χ0) is 17.8. The first kappa shape index (κ1) is 17.9. The molecular weight excluding hydrogens is 308 g/mol. The number of hydrogen-bond acceptors (Lipinski definition) is 2. The highest BCUT2D eigenvalue weighted by Gasteiger charge is 2.44. The third-order valence-corrected chi connectivity index (χ3v) is 5.59. The minimum atomic E-state index is 0.124. The second-order valence-electron chi connectivity index (χ2n) is 7.57. The summed E-state index contributed by atoms with van der Waals surface area (Å²) in [4.78, 5) is 17.4. The number of nitrogens with zero attached hydrogens (tertiary/aromatic N) is 1. The molecule has 0 saturated heterocycles. The zero-order valence-corrected chi connectivity index (χ0v) is 15.7. The number of fused-ring (bicyclic) bond motifs is 1. The van der Waals surface area contributed by atoms with Crippen LogP contribution in [0.3, 0.4) is 0 Å². The predicted molar refractivity (Wildman–Crippen MR) is 104 cm³/mol. The van der Waals surface area contributed by atoms with Gasteiger partial charge in [-0.05, 0) is 57.4 Å². The number of nitrogens with one attached hydrogen (secondary N) is 1. The Morgan fingerprint density at radius 1 is 1.28 bits per heavy atom. The van der Waals surface area contributed by atoms with Crippen LogP contribution in [0.2, 0.25) is 0 Å². The molecule has 3 aliphatic rings. The van der Waals surface area contributed by atoms with Crippen LogP contribution in [0.4, 0.5) is 0 Å². The van der Waals surface area contributed by atoms with E-state index in [2.05, 4.69) is 56.5 Å². The maximum atomic E-state index is 12.6. The van der Waals surface area contributed by atoms with E-state index in [1.807, 2.05) is 0 Å². The van der Waals surface area contributed by atoms with Crippen LogP contribution in [-0.2, 0) is 4.79 Å². The topological polar surface area (TPSA) is 41.5 Å². The minimum Gasteiger partial charge on any atom is -0.314 e. The Kier molecular flexibility index (Phi) is 5.72. The van der Waals surface area contributed by atoms with Gasteiger partial charge in [-0.3, -0.25) is 9.79 Å². The van der Waals surface area contributed by atoms with Gasteiger partial charge in [0, 0.05) is 12.3 Å². The Morgan fingerprint density at radius 2 is 2.12 bits per heavy atom. The lowest BCUT2D eigenvalue weighted by molar-refractivity contribution is -0.121. The van der Waals surface area contributed by atoms with E-state index in [4.69, 9.17) is 4.99 Å². The van der Waals surface area contributed by atoms with Gasteiger partial charge in [0.05, 0.1) is 6.04 Å². The third kappa shape index (κ3) is 4.59. The fourth-order valence-corrected chi connectivity index (χ4v) is 3.59. The quantitative estimate of drug-likeness (QED) is 0.729. The van der Waals surface area contributed by atoms with Crippen molar-refractivity contribution >= 4 is 11.7 Å². The van der Waals surface area contributed by atoms with Crippen molar-refractivity contribution in [1.29, 1.82) is 0 Å². The van der Waals surface area contributed by atoms with Crippen molar-refractivity contribution in [3.05, 3.63) is 47.1 Å². The van der Waals surface area contributed by atoms with Crippen LogP contribution < -0.4 is 5.32 Å². The summed E-state index contributed by atoms with van der Waals surface area (Å²) < 4.78 is 0. The molecule has 0 aromatic rings. The van der Waals surface area contributed by atoms with Gasteiger partial charge in [0.2, 0.25) is 5.91 Å². The summed E-state index contributed by atoms with van der Waals surface area (Å²) in [5, 5.41) is 3.13. The molecule has 0 aromatic carbocycles. The van der Waals surface area contributed by atoms with Crippen LogP contribution in [0.15, 0.2) is 52.1 Å². The molecule has 0 bridgehead atoms. The second-order valence-corrected chi connectivity index (χ2v) is 7.57. The Morgan fingerprint density at radius 3 is 2.92 bits per heavy atom. The smallest absolute Gasteiger partial charge is 0.229 e. The van der Waals surface area contributed by atoms with E-state index >= 15 is 0 Å². The Balaban J connectivity index is 1.57. The Labute approximate surface area is 151 Å². The van der Waals surface area contributed by atoms with Crippen molar-refractivity contribution in [1.82, 2.24) is 5.32 Å². The maximum Gasteiger partial charge on any atom is 0.229 e. The largest absolute Gasteiger partial charge is 0.314 e. The normalized spacial score (nSPS) is 29.3. The number of carbonyl (C=O) groups excluding carboxylic acids is 1. The van der Waals surface area contributed by atoms with Crippen molar-refractivity contribution in [3.8, 4) is 0 Å². The number of rotatable bonds is 4. The van der Waals surface area contributed by atoms with Gasteiger partial charge in [-0.25, -0.2) is 0 Å². The van der Waals surface area contributed by atoms with Gasteiger partial charge in [0.25, 0.3) is 0 Å². The number of hydrogen-bond donors (Lipinski definition) is 1. The van der Waals surface area contributed by atoms with Gasteiger partial charge in [-0.15, -0.1) is 0 Å². The van der Waals surface area contributed by atoms with Gasteiger partial charge in [-0.1, -0.05) is 48.5 Å². The van der Waals surface area contributed by atoms with Gasteiger partial charge < -0.3 is 5.32 Å². The van der Waals surface area contributed by atoms with Crippen molar-refractivity contribution in [2.45, 2.75) is 65.3 Å². The molecule has 1 aliphatic heterocycles. The highest BCUT2D eigenvalue weighted by molar-refractivity contribution is 6.00. The first-order chi connectivity index (χ1) is 12.1. The molecule has 25 heavy (non-hydrogen) atoms. The molecule has 0 radical (unpaired) electrons. The molecule has 0 spiro atoms. The van der Waals surface area contributed by atoms with E-state index < -0.39 is 0 Å². The molecule has 1 amide bonds. The van der Waals surface area contributed by atoms with Crippen molar-refractivity contribution in [2.24, 2.45) is 16.8 Å². The molecule has 3 unspecified atom stereocenters. The molecule has 1 saturated carbocycles.